The van der Waals surface area contributed by atoms with Crippen LogP contribution >= 0.6 is 22.6 Å². The van der Waals surface area contributed by atoms with Crippen LogP contribution in [0.15, 0.2) is 0 Å². The molecule has 0 aliphatic carbocycles. The molecule has 0 fully saturated rings. The Labute approximate surface area is 120 Å². The van der Waals surface area contributed by atoms with Crippen molar-refractivity contribution < 1.29 is 24.2 Å². The average molecular weight is 371 g/mol. The van der Waals surface area contributed by atoms with Crippen molar-refractivity contribution >= 4 is 38.4 Å². The number of nitrogens with one attached hydrogen (secondary N) is 1. The predicted octanol–water partition coefficient (Wildman–Crippen LogP) is 1.53. The van der Waals surface area contributed by atoms with E-state index >= 15 is 0 Å². The van der Waals surface area contributed by atoms with E-state index in [1.165, 1.54) is 22.6 Å². The van der Waals surface area contributed by atoms with Crippen LogP contribution in [-0.2, 0) is 14.3 Å². The summed E-state index contributed by atoms with van der Waals surface area (Å²) in [6, 6.07) is 0. The van der Waals surface area contributed by atoms with E-state index in [0.29, 0.717) is 6.42 Å². The second kappa shape index (κ2) is 7.67. The number of amides is 2. The summed E-state index contributed by atoms with van der Waals surface area (Å²) in [6.45, 7) is 5.40. The van der Waals surface area contributed by atoms with Gasteiger partial charge in [-0.15, -0.1) is 0 Å². The second-order valence-corrected chi connectivity index (χ2v) is 5.45. The Kier molecular flexibility index (Phi) is 7.37. The largest absolute Gasteiger partial charge is 0.460 e. The number of carbonyl (C=O) groups excluding carboxylic acids is 3. The molecule has 1 unspecified atom stereocenters. The highest BCUT2D eigenvalue weighted by Gasteiger charge is 2.23. The molecule has 0 spiro atoms. The molecule has 104 valence electrons. The number of aliphatic hydroxyl groups is 1. The molecule has 0 aromatic carbocycles. The minimum atomic E-state index is -1.15. The summed E-state index contributed by atoms with van der Waals surface area (Å²) in [6.07, 6.45) is -1.08. The second-order valence-electron chi connectivity index (χ2n) is 4.47. The molecule has 2 amide bonds. The van der Waals surface area contributed by atoms with Gasteiger partial charge in [0.05, 0.1) is 18.9 Å². The van der Waals surface area contributed by atoms with E-state index in [0.717, 1.165) is 0 Å². The minimum Gasteiger partial charge on any atom is -0.460 e. The van der Waals surface area contributed by atoms with Crippen LogP contribution in [0.25, 0.3) is 0 Å². The number of ether oxygens (including phenoxy) is 1. The van der Waals surface area contributed by atoms with Crippen LogP contribution in [0.1, 0.15) is 40.0 Å². The van der Waals surface area contributed by atoms with E-state index in [1.807, 2.05) is 12.2 Å². The van der Waals surface area contributed by atoms with Gasteiger partial charge in [0.15, 0.2) is 0 Å². The van der Waals surface area contributed by atoms with Gasteiger partial charge in [-0.25, -0.2) is 0 Å². The SMILES string of the molecule is CCC(C)(C)OC(=O)CC(O)CC(=O)NC(=O)I. The summed E-state index contributed by atoms with van der Waals surface area (Å²) in [5.41, 5.74) is -0.586. The van der Waals surface area contributed by atoms with Gasteiger partial charge in [-0.05, 0) is 20.3 Å². The van der Waals surface area contributed by atoms with Crippen LogP contribution in [0.3, 0.4) is 0 Å². The number of hydrogen-bond donors (Lipinski definition) is 2. The molecule has 0 saturated heterocycles. The van der Waals surface area contributed by atoms with E-state index < -0.39 is 27.5 Å². The molecule has 6 nitrogen and oxygen atoms in total. The molecule has 18 heavy (non-hydrogen) atoms. The lowest BCUT2D eigenvalue weighted by Crippen LogP contribution is -2.32. The Morgan fingerprint density at radius 1 is 1.33 bits per heavy atom. The number of imide groups is 1. The molecule has 0 radical (unpaired) electrons. The number of halogens is 1. The number of hydrogen-bond acceptors (Lipinski definition) is 5. The summed E-state index contributed by atoms with van der Waals surface area (Å²) in [5.74, 6) is -1.19. The van der Waals surface area contributed by atoms with E-state index in [2.05, 4.69) is 0 Å². The van der Waals surface area contributed by atoms with E-state index in [9.17, 15) is 19.5 Å². The highest BCUT2D eigenvalue weighted by molar-refractivity contribution is 14.1. The first kappa shape index (κ1) is 17.3. The normalized spacial score (nSPS) is 12.7. The van der Waals surface area contributed by atoms with Gasteiger partial charge in [0.1, 0.15) is 5.60 Å². The van der Waals surface area contributed by atoms with E-state index in [-0.39, 0.29) is 12.8 Å². The lowest BCUT2D eigenvalue weighted by Gasteiger charge is -2.23. The van der Waals surface area contributed by atoms with Gasteiger partial charge in [0.2, 0.25) is 5.91 Å². The van der Waals surface area contributed by atoms with E-state index in [1.54, 1.807) is 13.8 Å². The molecule has 7 heteroatoms. The van der Waals surface area contributed by atoms with Gasteiger partial charge >= 0.3 is 5.97 Å². The number of aliphatic hydroxyl groups excluding tert-OH is 1. The van der Waals surface area contributed by atoms with Crippen LogP contribution in [0.4, 0.5) is 4.79 Å². The lowest BCUT2D eigenvalue weighted by atomic mass is 10.1. The highest BCUT2D eigenvalue weighted by Crippen LogP contribution is 2.15. The molecule has 0 saturated carbocycles. The zero-order valence-corrected chi connectivity index (χ0v) is 12.8. The van der Waals surface area contributed by atoms with Crippen molar-refractivity contribution in [3.8, 4) is 0 Å². The smallest absolute Gasteiger partial charge is 0.308 e. The summed E-state index contributed by atoms with van der Waals surface area (Å²) < 4.78 is 4.59. The summed E-state index contributed by atoms with van der Waals surface area (Å²) in [4.78, 5) is 33.2. The molecule has 0 heterocycles. The number of carbonyl (C=O) groups is 3. The molecular formula is C11H18INO5. The third kappa shape index (κ3) is 8.40. The minimum absolute atomic E-state index is 0.272. The van der Waals surface area contributed by atoms with Gasteiger partial charge in [-0.1, -0.05) is 6.92 Å². The van der Waals surface area contributed by atoms with Crippen molar-refractivity contribution in [1.29, 1.82) is 0 Å². The Morgan fingerprint density at radius 2 is 1.89 bits per heavy atom. The number of esters is 1. The molecule has 0 aromatic heterocycles. The molecule has 0 aromatic rings. The molecule has 2 N–H and O–H groups in total. The Hall–Kier alpha value is -0.700. The summed E-state index contributed by atoms with van der Waals surface area (Å²) >= 11 is 1.41. The zero-order chi connectivity index (χ0) is 14.3. The van der Waals surface area contributed by atoms with Crippen LogP contribution in [0, 0.1) is 0 Å². The fourth-order valence-electron chi connectivity index (χ4n) is 1.06. The quantitative estimate of drug-likeness (QED) is 0.320. The van der Waals surface area contributed by atoms with Crippen LogP contribution < -0.4 is 5.32 Å². The highest BCUT2D eigenvalue weighted by atomic mass is 127. The first-order chi connectivity index (χ1) is 8.16. The topological polar surface area (TPSA) is 92.7 Å². The van der Waals surface area contributed by atoms with Gasteiger partial charge in [-0.3, -0.25) is 19.7 Å². The molecule has 0 aliphatic rings. The van der Waals surface area contributed by atoms with Crippen molar-refractivity contribution in [1.82, 2.24) is 5.32 Å². The molecule has 0 rings (SSSR count). The van der Waals surface area contributed by atoms with Crippen molar-refractivity contribution in [2.24, 2.45) is 0 Å². The standard InChI is InChI=1S/C11H18INO5/c1-4-11(2,3)18-9(16)6-7(14)5-8(15)13-10(12)17/h7,14H,4-6H2,1-3H3,(H,13,15,17). The Morgan fingerprint density at radius 3 is 2.33 bits per heavy atom. The summed E-state index contributed by atoms with van der Waals surface area (Å²) in [5, 5.41) is 11.5. The fourth-order valence-corrected chi connectivity index (χ4v) is 1.36. The summed E-state index contributed by atoms with van der Waals surface area (Å²) in [7, 11) is 0. The maximum Gasteiger partial charge on any atom is 0.308 e. The first-order valence-corrected chi connectivity index (χ1v) is 6.63. The van der Waals surface area contributed by atoms with Gasteiger partial charge < -0.3 is 9.84 Å². The van der Waals surface area contributed by atoms with Crippen LogP contribution in [0.2, 0.25) is 0 Å². The molecule has 0 bridgehead atoms. The average Bonchev–Trinajstić information content (AvgIpc) is 2.14. The van der Waals surface area contributed by atoms with Crippen molar-refractivity contribution in [3.63, 3.8) is 0 Å². The maximum absolute atomic E-state index is 11.4. The van der Waals surface area contributed by atoms with Gasteiger partial charge in [0.25, 0.3) is 3.91 Å². The van der Waals surface area contributed by atoms with Crippen molar-refractivity contribution in [3.05, 3.63) is 0 Å². The first-order valence-electron chi connectivity index (χ1n) is 5.55. The van der Waals surface area contributed by atoms with Crippen LogP contribution in [0.5, 0.6) is 0 Å². The molecule has 0 aliphatic heterocycles. The predicted molar refractivity (Wildman–Crippen MR) is 73.3 cm³/mol. The molecule has 1 atom stereocenters. The third-order valence-corrected chi connectivity index (χ3v) is 2.57. The van der Waals surface area contributed by atoms with Crippen molar-refractivity contribution in [2.45, 2.75) is 51.7 Å². The zero-order valence-electron chi connectivity index (χ0n) is 10.7. The number of rotatable bonds is 6. The van der Waals surface area contributed by atoms with Crippen molar-refractivity contribution in [2.75, 3.05) is 0 Å². The Bertz CT molecular complexity index is 329. The van der Waals surface area contributed by atoms with Gasteiger partial charge in [0, 0.05) is 22.6 Å². The molecular weight excluding hydrogens is 353 g/mol. The lowest BCUT2D eigenvalue weighted by molar-refractivity contribution is -0.159. The third-order valence-electron chi connectivity index (χ3n) is 2.30. The maximum atomic E-state index is 11.4. The fraction of sp³-hybridized carbons (Fsp3) is 0.727. The van der Waals surface area contributed by atoms with Crippen LogP contribution in [-0.4, -0.2) is 32.6 Å². The Balaban J connectivity index is 4.09. The monoisotopic (exact) mass is 371 g/mol. The van der Waals surface area contributed by atoms with Gasteiger partial charge in [-0.2, -0.15) is 0 Å². The van der Waals surface area contributed by atoms with E-state index in [4.69, 9.17) is 4.74 Å².